The van der Waals surface area contributed by atoms with Crippen LogP contribution in [0.1, 0.15) is 6.42 Å². The Labute approximate surface area is 97.0 Å². The van der Waals surface area contributed by atoms with Gasteiger partial charge in [-0.15, -0.1) is 0 Å². The average Bonchev–Trinajstić information content (AvgIpc) is 2.56. The van der Waals surface area contributed by atoms with E-state index in [1.165, 1.54) is 12.0 Å². The lowest BCUT2D eigenvalue weighted by Gasteiger charge is -2.19. The van der Waals surface area contributed by atoms with Crippen molar-refractivity contribution in [2.24, 2.45) is 5.73 Å². The van der Waals surface area contributed by atoms with Gasteiger partial charge < -0.3 is 15.4 Å². The Morgan fingerprint density at radius 2 is 2.18 bits per heavy atom. The van der Waals surface area contributed by atoms with Crippen molar-refractivity contribution in [3.8, 4) is 5.75 Å². The summed E-state index contributed by atoms with van der Waals surface area (Å²) in [6.07, 6.45) is 0.168. The smallest absolute Gasteiger partial charge is 0.228 e. The van der Waals surface area contributed by atoms with Gasteiger partial charge in [-0.1, -0.05) is 0 Å². The number of nitrogens with zero attached hydrogens (tertiary/aromatic N) is 1. The fraction of sp³-hybridized carbons (Fsp3) is 0.364. The highest BCUT2D eigenvalue weighted by Gasteiger charge is 2.31. The van der Waals surface area contributed by atoms with Gasteiger partial charge in [-0.25, -0.2) is 8.78 Å². The van der Waals surface area contributed by atoms with Crippen molar-refractivity contribution in [2.75, 3.05) is 18.6 Å². The molecular weight excluding hydrogens is 230 g/mol. The lowest BCUT2D eigenvalue weighted by atomic mass is 10.2. The lowest BCUT2D eigenvalue weighted by Crippen LogP contribution is -2.28. The fourth-order valence-corrected chi connectivity index (χ4v) is 1.92. The molecule has 2 rings (SSSR count). The first kappa shape index (κ1) is 11.8. The summed E-state index contributed by atoms with van der Waals surface area (Å²) >= 11 is 0. The van der Waals surface area contributed by atoms with E-state index in [-0.39, 0.29) is 36.4 Å². The number of carbonyl (C=O) groups excluding carboxylic acids is 1. The van der Waals surface area contributed by atoms with Crippen LogP contribution in [0.4, 0.5) is 14.5 Å². The first-order valence-electron chi connectivity index (χ1n) is 5.12. The van der Waals surface area contributed by atoms with Gasteiger partial charge in [-0.3, -0.25) is 4.79 Å². The largest absolute Gasteiger partial charge is 0.492 e. The minimum atomic E-state index is -0.837. The van der Waals surface area contributed by atoms with Crippen LogP contribution < -0.4 is 15.4 Å². The number of anilines is 1. The van der Waals surface area contributed by atoms with E-state index in [0.29, 0.717) is 6.07 Å². The molecule has 1 heterocycles. The summed E-state index contributed by atoms with van der Waals surface area (Å²) in [5.74, 6) is -2.00. The summed E-state index contributed by atoms with van der Waals surface area (Å²) in [6.45, 7) is 0.234. The minimum Gasteiger partial charge on any atom is -0.492 e. The standard InChI is InChI=1S/C11H12F2N2O2/c1-17-11-8(13)2-6(12)3-9(11)15-5-7(14)4-10(15)16/h2-3,7H,4-5,14H2,1H3. The molecule has 1 fully saturated rings. The summed E-state index contributed by atoms with van der Waals surface area (Å²) in [6, 6.07) is 1.46. The number of benzene rings is 1. The maximum absolute atomic E-state index is 13.5. The number of methoxy groups -OCH3 is 1. The highest BCUT2D eigenvalue weighted by Crippen LogP contribution is 2.34. The number of carbonyl (C=O) groups is 1. The zero-order valence-corrected chi connectivity index (χ0v) is 9.24. The van der Waals surface area contributed by atoms with Gasteiger partial charge in [0.15, 0.2) is 11.6 Å². The third kappa shape index (κ3) is 2.08. The Bertz CT molecular complexity index is 465. The van der Waals surface area contributed by atoms with Gasteiger partial charge >= 0.3 is 0 Å². The Balaban J connectivity index is 2.47. The summed E-state index contributed by atoms with van der Waals surface area (Å²) < 4.78 is 31.5. The molecule has 1 unspecified atom stereocenters. The van der Waals surface area contributed by atoms with E-state index in [1.807, 2.05) is 0 Å². The first-order chi connectivity index (χ1) is 8.02. The Hall–Kier alpha value is -1.69. The SMILES string of the molecule is COc1c(F)cc(F)cc1N1CC(N)CC1=O. The first-order valence-corrected chi connectivity index (χ1v) is 5.12. The molecule has 0 bridgehead atoms. The molecule has 2 N–H and O–H groups in total. The maximum atomic E-state index is 13.5. The normalized spacial score (nSPS) is 19.9. The van der Waals surface area contributed by atoms with Crippen molar-refractivity contribution in [1.82, 2.24) is 0 Å². The molecule has 1 aliphatic heterocycles. The third-order valence-corrected chi connectivity index (χ3v) is 2.64. The van der Waals surface area contributed by atoms with E-state index >= 15 is 0 Å². The summed E-state index contributed by atoms with van der Waals surface area (Å²) in [4.78, 5) is 12.9. The van der Waals surface area contributed by atoms with Crippen molar-refractivity contribution in [1.29, 1.82) is 0 Å². The fourth-order valence-electron chi connectivity index (χ4n) is 1.92. The zero-order chi connectivity index (χ0) is 12.6. The van der Waals surface area contributed by atoms with Crippen LogP contribution in [0.25, 0.3) is 0 Å². The number of halogens is 2. The Morgan fingerprint density at radius 1 is 1.47 bits per heavy atom. The molecule has 0 aromatic heterocycles. The molecule has 1 aliphatic rings. The van der Waals surface area contributed by atoms with Crippen molar-refractivity contribution in [2.45, 2.75) is 12.5 Å². The van der Waals surface area contributed by atoms with E-state index in [1.54, 1.807) is 0 Å². The Morgan fingerprint density at radius 3 is 2.71 bits per heavy atom. The van der Waals surface area contributed by atoms with Crippen LogP contribution in [0, 0.1) is 11.6 Å². The summed E-state index contributed by atoms with van der Waals surface area (Å²) in [5, 5.41) is 0. The van der Waals surface area contributed by atoms with E-state index in [9.17, 15) is 13.6 Å². The van der Waals surface area contributed by atoms with Gasteiger partial charge in [0.2, 0.25) is 5.91 Å². The third-order valence-electron chi connectivity index (χ3n) is 2.64. The van der Waals surface area contributed by atoms with E-state index in [0.717, 1.165) is 6.07 Å². The van der Waals surface area contributed by atoms with Gasteiger partial charge in [0.1, 0.15) is 5.82 Å². The molecule has 1 aromatic carbocycles. The van der Waals surface area contributed by atoms with Crippen molar-refractivity contribution in [3.05, 3.63) is 23.8 Å². The summed E-state index contributed by atoms with van der Waals surface area (Å²) in [7, 11) is 1.26. The molecule has 0 aliphatic carbocycles. The van der Waals surface area contributed by atoms with Crippen LogP contribution in [-0.2, 0) is 4.79 Å². The second-order valence-corrected chi connectivity index (χ2v) is 3.91. The van der Waals surface area contributed by atoms with Gasteiger partial charge in [0.05, 0.1) is 12.8 Å². The number of amides is 1. The molecule has 0 radical (unpaired) electrons. The number of hydrogen-bond acceptors (Lipinski definition) is 3. The van der Waals surface area contributed by atoms with Crippen LogP contribution in [-0.4, -0.2) is 25.6 Å². The molecule has 1 amide bonds. The molecular formula is C11H12F2N2O2. The highest BCUT2D eigenvalue weighted by atomic mass is 19.1. The molecule has 1 atom stereocenters. The van der Waals surface area contributed by atoms with Crippen LogP contribution in [0.3, 0.4) is 0 Å². The van der Waals surface area contributed by atoms with E-state index in [4.69, 9.17) is 10.5 Å². The van der Waals surface area contributed by atoms with Crippen molar-refractivity contribution < 1.29 is 18.3 Å². The van der Waals surface area contributed by atoms with Gasteiger partial charge in [0.25, 0.3) is 0 Å². The van der Waals surface area contributed by atoms with Crippen LogP contribution in [0.15, 0.2) is 12.1 Å². The molecule has 1 saturated heterocycles. The average molecular weight is 242 g/mol. The number of rotatable bonds is 2. The molecule has 4 nitrogen and oxygen atoms in total. The van der Waals surface area contributed by atoms with Crippen molar-refractivity contribution >= 4 is 11.6 Å². The summed E-state index contributed by atoms with van der Waals surface area (Å²) in [5.41, 5.74) is 5.72. The van der Waals surface area contributed by atoms with E-state index in [2.05, 4.69) is 0 Å². The quantitative estimate of drug-likeness (QED) is 0.843. The van der Waals surface area contributed by atoms with Gasteiger partial charge in [-0.2, -0.15) is 0 Å². The van der Waals surface area contributed by atoms with Crippen molar-refractivity contribution in [3.63, 3.8) is 0 Å². The highest BCUT2D eigenvalue weighted by molar-refractivity contribution is 5.97. The second-order valence-electron chi connectivity index (χ2n) is 3.91. The van der Waals surface area contributed by atoms with Gasteiger partial charge in [-0.05, 0) is 0 Å². The Kier molecular flexibility index (Phi) is 2.97. The number of ether oxygens (including phenoxy) is 1. The molecule has 17 heavy (non-hydrogen) atoms. The van der Waals surface area contributed by atoms with Gasteiger partial charge in [0, 0.05) is 31.1 Å². The molecule has 1 aromatic rings. The molecule has 6 heteroatoms. The molecule has 92 valence electrons. The number of nitrogens with two attached hydrogens (primary N) is 1. The second kappa shape index (κ2) is 4.29. The lowest BCUT2D eigenvalue weighted by molar-refractivity contribution is -0.117. The predicted molar refractivity (Wildman–Crippen MR) is 57.9 cm³/mol. The monoisotopic (exact) mass is 242 g/mol. The minimum absolute atomic E-state index is 0.0861. The topological polar surface area (TPSA) is 55.6 Å². The maximum Gasteiger partial charge on any atom is 0.228 e. The van der Waals surface area contributed by atoms with Crippen LogP contribution in [0.5, 0.6) is 5.75 Å². The molecule has 0 spiro atoms. The molecule has 0 saturated carbocycles. The number of hydrogen-bond donors (Lipinski definition) is 1. The van der Waals surface area contributed by atoms with E-state index < -0.39 is 11.6 Å². The van der Waals surface area contributed by atoms with Crippen LogP contribution >= 0.6 is 0 Å². The predicted octanol–water partition coefficient (Wildman–Crippen LogP) is 1.04. The van der Waals surface area contributed by atoms with Crippen LogP contribution in [0.2, 0.25) is 0 Å². The zero-order valence-electron chi connectivity index (χ0n) is 9.24.